The normalized spacial score (nSPS) is 16.4. The lowest BCUT2D eigenvalue weighted by Crippen LogP contribution is -2.35. The van der Waals surface area contributed by atoms with Crippen LogP contribution in [0.1, 0.15) is 33.6 Å². The van der Waals surface area contributed by atoms with Crippen molar-refractivity contribution in [2.45, 2.75) is 40.2 Å². The summed E-state index contributed by atoms with van der Waals surface area (Å²) in [6, 6.07) is 0. The minimum atomic E-state index is -0.443. The molecule has 1 heterocycles. The fraction of sp³-hybridized carbons (Fsp3) is 0.714. The summed E-state index contributed by atoms with van der Waals surface area (Å²) in [4.78, 5) is 26.0. The van der Waals surface area contributed by atoms with Gasteiger partial charge >= 0.3 is 5.69 Å². The van der Waals surface area contributed by atoms with Crippen LogP contribution in [0.4, 0.5) is 11.5 Å². The van der Waals surface area contributed by atoms with Crippen molar-refractivity contribution in [1.82, 2.24) is 9.55 Å². The number of nitrogens with zero attached hydrogens (tertiary/aromatic N) is 1. The molecule has 1 fully saturated rings. The Balaban J connectivity index is 2.22. The van der Waals surface area contributed by atoms with E-state index in [0.717, 1.165) is 5.92 Å². The molecule has 4 N–H and O–H groups in total. The highest BCUT2D eigenvalue weighted by atomic mass is 16.2. The average molecular weight is 280 g/mol. The van der Waals surface area contributed by atoms with Gasteiger partial charge in [0.25, 0.3) is 5.56 Å². The molecule has 6 nitrogen and oxygen atoms in total. The van der Waals surface area contributed by atoms with Gasteiger partial charge in [-0.3, -0.25) is 14.3 Å². The van der Waals surface area contributed by atoms with Crippen molar-refractivity contribution in [3.8, 4) is 0 Å². The van der Waals surface area contributed by atoms with E-state index in [-0.39, 0.29) is 11.7 Å². The molecule has 112 valence electrons. The van der Waals surface area contributed by atoms with Crippen LogP contribution in [0.2, 0.25) is 0 Å². The van der Waals surface area contributed by atoms with Crippen LogP contribution in [0, 0.1) is 17.8 Å². The van der Waals surface area contributed by atoms with Crippen molar-refractivity contribution >= 4 is 11.5 Å². The van der Waals surface area contributed by atoms with Crippen LogP contribution < -0.4 is 22.3 Å². The number of nitrogens with two attached hydrogens (primary N) is 1. The molecule has 0 amide bonds. The second-order valence-electron chi connectivity index (χ2n) is 6.22. The molecule has 0 radical (unpaired) electrons. The van der Waals surface area contributed by atoms with Gasteiger partial charge in [0.1, 0.15) is 11.5 Å². The standard InChI is InChI=1S/C14H24N4O2/c1-8(2)7-18-12(15)11(13(19)17-14(18)20)16-6-9(3)10-4-5-10/h8-10,16H,4-7,15H2,1-3H3,(H,17,19,20). The lowest BCUT2D eigenvalue weighted by atomic mass is 10.1. The van der Waals surface area contributed by atoms with Gasteiger partial charge in [-0.05, 0) is 30.6 Å². The first-order valence-electron chi connectivity index (χ1n) is 7.26. The SMILES string of the molecule is CC(C)Cn1c(N)c(NCC(C)C2CC2)c(=O)[nH]c1=O. The minimum Gasteiger partial charge on any atom is -0.383 e. The second kappa shape index (κ2) is 5.73. The summed E-state index contributed by atoms with van der Waals surface area (Å²) in [6.07, 6.45) is 2.53. The summed E-state index contributed by atoms with van der Waals surface area (Å²) in [7, 11) is 0. The Labute approximate surface area is 118 Å². The molecule has 20 heavy (non-hydrogen) atoms. The highest BCUT2D eigenvalue weighted by Crippen LogP contribution is 2.36. The van der Waals surface area contributed by atoms with Gasteiger partial charge in [-0.15, -0.1) is 0 Å². The smallest absolute Gasteiger partial charge is 0.330 e. The van der Waals surface area contributed by atoms with Crippen LogP contribution in [0.15, 0.2) is 9.59 Å². The van der Waals surface area contributed by atoms with Crippen molar-refractivity contribution < 1.29 is 0 Å². The zero-order chi connectivity index (χ0) is 14.9. The Hall–Kier alpha value is -1.72. The van der Waals surface area contributed by atoms with Crippen molar-refractivity contribution in [2.75, 3.05) is 17.6 Å². The van der Waals surface area contributed by atoms with Gasteiger partial charge in [0.15, 0.2) is 0 Å². The molecule has 1 saturated carbocycles. The fourth-order valence-corrected chi connectivity index (χ4v) is 2.40. The van der Waals surface area contributed by atoms with Crippen LogP contribution in [-0.2, 0) is 6.54 Å². The van der Waals surface area contributed by atoms with Crippen LogP contribution in [0.3, 0.4) is 0 Å². The summed E-state index contributed by atoms with van der Waals surface area (Å²) in [5.74, 6) is 1.78. The number of hydrogen-bond donors (Lipinski definition) is 3. The van der Waals surface area contributed by atoms with Gasteiger partial charge in [-0.2, -0.15) is 0 Å². The third-order valence-electron chi connectivity index (χ3n) is 3.81. The first-order chi connectivity index (χ1) is 9.40. The van der Waals surface area contributed by atoms with Gasteiger partial charge < -0.3 is 11.1 Å². The van der Waals surface area contributed by atoms with Crippen molar-refractivity contribution in [3.63, 3.8) is 0 Å². The van der Waals surface area contributed by atoms with Crippen molar-refractivity contribution in [3.05, 3.63) is 20.8 Å². The number of nitrogen functional groups attached to an aromatic ring is 1. The van der Waals surface area contributed by atoms with Gasteiger partial charge in [0.2, 0.25) is 0 Å². The number of H-pyrrole nitrogens is 1. The van der Waals surface area contributed by atoms with Crippen LogP contribution in [0.25, 0.3) is 0 Å². The lowest BCUT2D eigenvalue weighted by molar-refractivity contribution is 0.506. The summed E-state index contributed by atoms with van der Waals surface area (Å²) in [5, 5.41) is 3.11. The first-order valence-corrected chi connectivity index (χ1v) is 7.26. The Bertz CT molecular complexity index is 584. The van der Waals surface area contributed by atoms with Gasteiger partial charge in [0, 0.05) is 13.1 Å². The highest BCUT2D eigenvalue weighted by Gasteiger charge is 2.28. The molecule has 6 heteroatoms. The maximum atomic E-state index is 11.9. The van der Waals surface area contributed by atoms with E-state index in [0.29, 0.717) is 24.7 Å². The molecule has 1 atom stereocenters. The predicted molar refractivity (Wildman–Crippen MR) is 81.0 cm³/mol. The van der Waals surface area contributed by atoms with Crippen LogP contribution in [-0.4, -0.2) is 16.1 Å². The quantitative estimate of drug-likeness (QED) is 0.730. The van der Waals surface area contributed by atoms with Gasteiger partial charge in [-0.1, -0.05) is 20.8 Å². The predicted octanol–water partition coefficient (Wildman–Crippen LogP) is 1.23. The van der Waals surface area contributed by atoms with E-state index in [4.69, 9.17) is 5.73 Å². The Morgan fingerprint density at radius 2 is 2.00 bits per heavy atom. The molecule has 1 unspecified atom stereocenters. The van der Waals surface area contributed by atoms with Crippen LogP contribution >= 0.6 is 0 Å². The number of anilines is 2. The van der Waals surface area contributed by atoms with Crippen molar-refractivity contribution in [1.29, 1.82) is 0 Å². The monoisotopic (exact) mass is 280 g/mol. The van der Waals surface area contributed by atoms with Crippen LogP contribution in [0.5, 0.6) is 0 Å². The molecule has 1 aliphatic rings. The molecule has 1 aromatic heterocycles. The fourth-order valence-electron chi connectivity index (χ4n) is 2.40. The van der Waals surface area contributed by atoms with Crippen molar-refractivity contribution in [2.24, 2.45) is 17.8 Å². The number of aromatic nitrogens is 2. The zero-order valence-electron chi connectivity index (χ0n) is 12.4. The third kappa shape index (κ3) is 3.23. The molecule has 0 aliphatic heterocycles. The second-order valence-corrected chi connectivity index (χ2v) is 6.22. The largest absolute Gasteiger partial charge is 0.383 e. The Morgan fingerprint density at radius 3 is 2.55 bits per heavy atom. The summed E-state index contributed by atoms with van der Waals surface area (Å²) >= 11 is 0. The topological polar surface area (TPSA) is 92.9 Å². The number of rotatable bonds is 6. The minimum absolute atomic E-state index is 0.232. The average Bonchev–Trinajstić information content (AvgIpc) is 3.17. The molecular formula is C14H24N4O2. The van der Waals surface area contributed by atoms with E-state index in [1.807, 2.05) is 13.8 Å². The number of aromatic amines is 1. The highest BCUT2D eigenvalue weighted by molar-refractivity contribution is 5.60. The Kier molecular flexibility index (Phi) is 4.20. The molecule has 1 aliphatic carbocycles. The molecular weight excluding hydrogens is 256 g/mol. The van der Waals surface area contributed by atoms with E-state index < -0.39 is 11.2 Å². The summed E-state index contributed by atoms with van der Waals surface area (Å²) in [6.45, 7) is 7.36. The molecule has 0 aromatic carbocycles. The maximum absolute atomic E-state index is 11.9. The van der Waals surface area contributed by atoms with E-state index in [2.05, 4.69) is 17.2 Å². The van der Waals surface area contributed by atoms with E-state index in [9.17, 15) is 9.59 Å². The number of nitrogens with one attached hydrogen (secondary N) is 2. The summed E-state index contributed by atoms with van der Waals surface area (Å²) in [5.41, 5.74) is 5.43. The van der Waals surface area contributed by atoms with E-state index in [1.165, 1.54) is 17.4 Å². The van der Waals surface area contributed by atoms with E-state index in [1.54, 1.807) is 0 Å². The zero-order valence-corrected chi connectivity index (χ0v) is 12.4. The maximum Gasteiger partial charge on any atom is 0.330 e. The van der Waals surface area contributed by atoms with E-state index >= 15 is 0 Å². The molecule has 0 bridgehead atoms. The molecule has 2 rings (SSSR count). The van der Waals surface area contributed by atoms with Gasteiger partial charge in [-0.25, -0.2) is 4.79 Å². The molecule has 0 spiro atoms. The Morgan fingerprint density at radius 1 is 1.35 bits per heavy atom. The lowest BCUT2D eigenvalue weighted by Gasteiger charge is -2.17. The third-order valence-corrected chi connectivity index (χ3v) is 3.81. The number of hydrogen-bond acceptors (Lipinski definition) is 4. The summed E-state index contributed by atoms with van der Waals surface area (Å²) < 4.78 is 1.43. The molecule has 0 saturated heterocycles. The molecule has 1 aromatic rings. The first kappa shape index (κ1) is 14.7. The van der Waals surface area contributed by atoms with Gasteiger partial charge in [0.05, 0.1) is 0 Å².